The van der Waals surface area contributed by atoms with E-state index in [4.69, 9.17) is 45.9 Å². The molecule has 0 unspecified atom stereocenters. The molecular formula is C42H71N19O11S. The molecule has 406 valence electrons. The van der Waals surface area contributed by atoms with Crippen LogP contribution in [0.1, 0.15) is 56.9 Å². The Labute approximate surface area is 425 Å². The zero-order valence-corrected chi connectivity index (χ0v) is 41.4. The van der Waals surface area contributed by atoms with Gasteiger partial charge < -0.3 is 93.5 Å². The zero-order chi connectivity index (χ0) is 54.9. The highest BCUT2D eigenvalue weighted by atomic mass is 32.2. The summed E-state index contributed by atoms with van der Waals surface area (Å²) in [6, 6.07) is 0.758. The molecule has 0 bridgehead atoms. The van der Waals surface area contributed by atoms with Gasteiger partial charge in [0.25, 0.3) is 0 Å². The average molecular weight is 1050 g/mol. The van der Waals surface area contributed by atoms with Gasteiger partial charge in [0.15, 0.2) is 17.9 Å². The second kappa shape index (κ2) is 35.2. The molecule has 0 aliphatic heterocycles. The Balaban J connectivity index is 2.94. The summed E-state index contributed by atoms with van der Waals surface area (Å²) in [6.07, 6.45) is 2.04. The van der Waals surface area contributed by atoms with Crippen molar-refractivity contribution >= 4 is 88.8 Å². The number of hydrogen-bond donors (Lipinski definition) is 17. The summed E-state index contributed by atoms with van der Waals surface area (Å²) in [5.41, 5.74) is 44.0. The van der Waals surface area contributed by atoms with Crippen molar-refractivity contribution in [3.63, 3.8) is 0 Å². The first-order valence-electron chi connectivity index (χ1n) is 22.8. The number of carboxylic acid groups (broad SMARTS) is 1. The molecule has 6 atom stereocenters. The lowest BCUT2D eigenvalue weighted by Gasteiger charge is -2.24. The quantitative estimate of drug-likeness (QED) is 0.0169. The van der Waals surface area contributed by atoms with Gasteiger partial charge in [-0.15, -0.1) is 0 Å². The van der Waals surface area contributed by atoms with Crippen LogP contribution in [0, 0.1) is 0 Å². The Kier molecular flexibility index (Phi) is 30.4. The summed E-state index contributed by atoms with van der Waals surface area (Å²) >= 11 is 1.35. The van der Waals surface area contributed by atoms with Gasteiger partial charge in [0.05, 0.1) is 32.1 Å². The predicted octanol–water partition coefficient (Wildman–Crippen LogP) is -7.80. The molecule has 0 aliphatic rings. The second-order valence-corrected chi connectivity index (χ2v) is 17.1. The largest absolute Gasteiger partial charge is 0.480 e. The summed E-state index contributed by atoms with van der Waals surface area (Å²) in [4.78, 5) is 140. The van der Waals surface area contributed by atoms with Gasteiger partial charge >= 0.3 is 5.97 Å². The van der Waals surface area contributed by atoms with Gasteiger partial charge in [-0.2, -0.15) is 11.8 Å². The number of thioether (sulfide) groups is 1. The fourth-order valence-corrected chi connectivity index (χ4v) is 6.77. The van der Waals surface area contributed by atoms with Crippen LogP contribution in [0.5, 0.6) is 0 Å². The molecule has 0 heterocycles. The van der Waals surface area contributed by atoms with E-state index in [0.717, 1.165) is 0 Å². The first-order valence-corrected chi connectivity index (χ1v) is 24.2. The number of rotatable bonds is 36. The number of hydrogen-bond acceptors (Lipinski definition) is 15. The van der Waals surface area contributed by atoms with Crippen LogP contribution in [0.4, 0.5) is 0 Å². The number of benzene rings is 1. The van der Waals surface area contributed by atoms with Crippen LogP contribution in [-0.2, 0) is 54.4 Å². The lowest BCUT2D eigenvalue weighted by atomic mass is 10.0. The Morgan fingerprint density at radius 1 is 0.521 bits per heavy atom. The van der Waals surface area contributed by atoms with Crippen LogP contribution < -0.4 is 88.4 Å². The lowest BCUT2D eigenvalue weighted by Crippen LogP contribution is -2.57. The standard InChI is InChI=1S/C42H71N19O11S/c1-73-17-13-26(60-37(69)25(11-6-15-52-41(47)48)59-34(66)24(43)10-5-14-51-40(45)46)35(67)56-22-33(65)58-29(19-30(44)62)36(68)55-20-31(63)54-21-32(64)57-28(18-23-8-3-2-4-9-23)38(70)61-27(39(71)72)12-7-16-53-42(49)50/h2-4,8-9,24-29H,5-7,10-22,43H2,1H3,(H2,44,62)(H,54,63)(H,55,68)(H,56,67)(H,57,64)(H,58,65)(H,59,66)(H,60,69)(H,61,70)(H,71,72)(H4,45,46,51)(H4,47,48,52)(H4,49,50,53)/t24-,25-,26-,27-,28-,29-/m0/s1. The maximum Gasteiger partial charge on any atom is 0.326 e. The molecule has 0 saturated heterocycles. The molecule has 0 saturated carbocycles. The van der Waals surface area contributed by atoms with Crippen molar-refractivity contribution in [2.24, 2.45) is 60.8 Å². The number of aliphatic carboxylic acids is 1. The Bertz CT molecular complexity index is 2100. The minimum Gasteiger partial charge on any atom is -0.480 e. The highest BCUT2D eigenvalue weighted by molar-refractivity contribution is 7.98. The predicted molar refractivity (Wildman–Crippen MR) is 271 cm³/mol. The third-order valence-corrected chi connectivity index (χ3v) is 10.6. The van der Waals surface area contributed by atoms with Gasteiger partial charge in [0.2, 0.25) is 53.2 Å². The van der Waals surface area contributed by atoms with Crippen LogP contribution in [0.25, 0.3) is 0 Å². The average Bonchev–Trinajstić information content (AvgIpc) is 3.32. The molecule has 0 aromatic heterocycles. The van der Waals surface area contributed by atoms with Gasteiger partial charge in [0.1, 0.15) is 30.2 Å². The van der Waals surface area contributed by atoms with E-state index < -0.39 is 121 Å². The van der Waals surface area contributed by atoms with Gasteiger partial charge in [-0.05, 0) is 62.5 Å². The summed E-state index contributed by atoms with van der Waals surface area (Å²) in [6.45, 7) is -1.77. The summed E-state index contributed by atoms with van der Waals surface area (Å²) in [5.74, 6) is -9.33. The Morgan fingerprint density at radius 3 is 1.48 bits per heavy atom. The molecule has 1 aromatic rings. The number of guanidine groups is 3. The van der Waals surface area contributed by atoms with E-state index >= 15 is 0 Å². The van der Waals surface area contributed by atoms with E-state index in [1.807, 2.05) is 0 Å². The number of primary amides is 1. The fraction of sp³-hybridized carbons (Fsp3) is 0.548. The topological polar surface area (TPSA) is 532 Å². The van der Waals surface area contributed by atoms with E-state index in [2.05, 4.69) is 57.5 Å². The highest BCUT2D eigenvalue weighted by Gasteiger charge is 2.30. The van der Waals surface area contributed by atoms with E-state index in [1.54, 1.807) is 36.6 Å². The number of carbonyl (C=O) groups excluding carboxylic acids is 9. The monoisotopic (exact) mass is 1050 g/mol. The summed E-state index contributed by atoms with van der Waals surface area (Å²) < 4.78 is 0. The number of nitrogens with one attached hydrogen (secondary N) is 8. The van der Waals surface area contributed by atoms with E-state index in [0.29, 0.717) is 17.7 Å². The van der Waals surface area contributed by atoms with Crippen molar-refractivity contribution in [3.8, 4) is 0 Å². The molecule has 9 amide bonds. The van der Waals surface area contributed by atoms with Crippen molar-refractivity contribution in [1.29, 1.82) is 0 Å². The number of aliphatic imine (C=N–C) groups is 3. The van der Waals surface area contributed by atoms with Crippen LogP contribution in [0.2, 0.25) is 0 Å². The molecule has 31 heteroatoms. The molecule has 30 nitrogen and oxygen atoms in total. The van der Waals surface area contributed by atoms with E-state index in [-0.39, 0.29) is 82.5 Å². The number of nitrogens with two attached hydrogens (primary N) is 8. The Morgan fingerprint density at radius 2 is 0.959 bits per heavy atom. The maximum absolute atomic E-state index is 13.6. The van der Waals surface area contributed by atoms with Crippen molar-refractivity contribution in [1.82, 2.24) is 42.5 Å². The molecule has 0 aliphatic carbocycles. The maximum atomic E-state index is 13.6. The van der Waals surface area contributed by atoms with Gasteiger partial charge in [-0.1, -0.05) is 30.3 Å². The minimum atomic E-state index is -1.63. The number of carboxylic acids is 1. The van der Waals surface area contributed by atoms with Gasteiger partial charge in [0, 0.05) is 26.1 Å². The molecule has 0 radical (unpaired) electrons. The molecule has 25 N–H and O–H groups in total. The number of carbonyl (C=O) groups is 10. The summed E-state index contributed by atoms with van der Waals surface area (Å²) in [5, 5.41) is 28.8. The SMILES string of the molecule is CSCC[C@H](NC(=O)[C@H](CCCN=C(N)N)NC(=O)[C@@H](N)CCCN=C(N)N)C(=O)NCC(=O)N[C@@H](CC(N)=O)C(=O)NCC(=O)NCC(=O)N[C@@H](Cc1ccccc1)C(=O)N[C@@H](CCCN=C(N)N)C(=O)O. The van der Waals surface area contributed by atoms with Crippen LogP contribution in [0.3, 0.4) is 0 Å². The smallest absolute Gasteiger partial charge is 0.326 e. The summed E-state index contributed by atoms with van der Waals surface area (Å²) in [7, 11) is 0. The molecule has 0 fully saturated rings. The number of nitrogens with zero attached hydrogens (tertiary/aromatic N) is 3. The van der Waals surface area contributed by atoms with E-state index in [9.17, 15) is 53.1 Å². The van der Waals surface area contributed by atoms with E-state index in [1.165, 1.54) is 11.8 Å². The van der Waals surface area contributed by atoms with Gasteiger partial charge in [-0.3, -0.25) is 58.1 Å². The van der Waals surface area contributed by atoms with Crippen molar-refractivity contribution < 1.29 is 53.1 Å². The molecule has 1 rings (SSSR count). The third-order valence-electron chi connectivity index (χ3n) is 9.97. The van der Waals surface area contributed by atoms with Crippen molar-refractivity contribution in [3.05, 3.63) is 35.9 Å². The van der Waals surface area contributed by atoms with Crippen molar-refractivity contribution in [2.45, 2.75) is 94.0 Å². The van der Waals surface area contributed by atoms with Crippen LogP contribution in [-0.4, -0.2) is 170 Å². The van der Waals surface area contributed by atoms with Gasteiger partial charge in [-0.25, -0.2) is 4.79 Å². The minimum absolute atomic E-state index is 0.0357. The molecule has 73 heavy (non-hydrogen) atoms. The molecular weight excluding hydrogens is 979 g/mol. The van der Waals surface area contributed by atoms with Crippen molar-refractivity contribution in [2.75, 3.05) is 51.3 Å². The number of amides is 9. The zero-order valence-electron chi connectivity index (χ0n) is 40.6. The first-order chi connectivity index (χ1) is 34.5. The molecule has 0 spiro atoms. The highest BCUT2D eigenvalue weighted by Crippen LogP contribution is 2.08. The first kappa shape index (κ1) is 63.1. The molecule has 1 aromatic carbocycles. The Hall–Kier alpha value is -7.96. The normalized spacial score (nSPS) is 13.0. The second-order valence-electron chi connectivity index (χ2n) is 16.1. The van der Waals surface area contributed by atoms with Crippen LogP contribution >= 0.6 is 11.8 Å². The fourth-order valence-electron chi connectivity index (χ4n) is 6.29. The third kappa shape index (κ3) is 29.1. The lowest BCUT2D eigenvalue weighted by molar-refractivity contribution is -0.142. The van der Waals surface area contributed by atoms with Crippen LogP contribution in [0.15, 0.2) is 45.3 Å².